The number of hydrogen-bond donors (Lipinski definition) is 0. The topological polar surface area (TPSA) is 22.8 Å². The van der Waals surface area contributed by atoms with E-state index in [1.807, 2.05) is 5.51 Å². The predicted octanol–water partition coefficient (Wildman–Crippen LogP) is 9.64. The summed E-state index contributed by atoms with van der Waals surface area (Å²) in [6.45, 7) is 0. The van der Waals surface area contributed by atoms with Crippen LogP contribution in [0.2, 0.25) is 0 Å². The van der Waals surface area contributed by atoms with Gasteiger partial charge in [-0.05, 0) is 59.3 Å². The van der Waals surface area contributed by atoms with Crippen LogP contribution in [0.25, 0.3) is 76.0 Å². The molecule has 0 N–H and O–H groups in total. The van der Waals surface area contributed by atoms with Crippen molar-refractivity contribution in [1.82, 2.24) is 14.1 Å². The first-order chi connectivity index (χ1) is 19.3. The highest BCUT2D eigenvalue weighted by molar-refractivity contribution is 7.16. The molecule has 0 saturated heterocycles. The fraction of sp³-hybridized carbons (Fsp3) is 0. The van der Waals surface area contributed by atoms with Crippen LogP contribution in [-0.2, 0) is 0 Å². The van der Waals surface area contributed by atoms with Crippen LogP contribution in [0.5, 0.6) is 0 Å². The number of benzene rings is 6. The highest BCUT2D eigenvalue weighted by Gasteiger charge is 2.21. The summed E-state index contributed by atoms with van der Waals surface area (Å²) in [6.07, 6.45) is 0. The van der Waals surface area contributed by atoms with Crippen LogP contribution < -0.4 is 0 Å². The normalized spacial score (nSPS) is 12.1. The SMILES string of the molecule is c1ccc(-n2c3cc4ccccc4cc3c3ccc4c5ccccc5n(-c5ccc6ncsc6c5)c4c32)cc1. The molecule has 9 aromatic rings. The summed E-state index contributed by atoms with van der Waals surface area (Å²) in [7, 11) is 0. The number of fused-ring (bicyclic) bond motifs is 9. The highest BCUT2D eigenvalue weighted by Crippen LogP contribution is 2.42. The second-order valence-corrected chi connectivity index (χ2v) is 11.0. The summed E-state index contributed by atoms with van der Waals surface area (Å²) >= 11 is 1.69. The Kier molecular flexibility index (Phi) is 4.21. The van der Waals surface area contributed by atoms with Crippen molar-refractivity contribution < 1.29 is 0 Å². The van der Waals surface area contributed by atoms with Gasteiger partial charge in [0.15, 0.2) is 0 Å². The minimum absolute atomic E-state index is 1.04. The van der Waals surface area contributed by atoms with Gasteiger partial charge in [0.25, 0.3) is 0 Å². The molecule has 0 saturated carbocycles. The summed E-state index contributed by atoms with van der Waals surface area (Å²) in [4.78, 5) is 4.53. The lowest BCUT2D eigenvalue weighted by atomic mass is 10.1. The van der Waals surface area contributed by atoms with Gasteiger partial charge in [0, 0.05) is 32.9 Å². The first-order valence-electron chi connectivity index (χ1n) is 13.1. The minimum Gasteiger partial charge on any atom is -0.307 e. The lowest BCUT2D eigenvalue weighted by Crippen LogP contribution is -1.98. The standard InChI is InChI=1S/C35H21N3S/c1-2-10-24(11-3-1)37-32-19-23-9-5-4-8-22(23)18-29(32)28-16-15-27-26-12-6-7-13-31(26)38(34(27)35(28)37)25-14-17-30-33(20-25)39-21-36-30/h1-21H. The lowest BCUT2D eigenvalue weighted by molar-refractivity contribution is 1.15. The van der Waals surface area contributed by atoms with Crippen LogP contribution in [0.3, 0.4) is 0 Å². The minimum atomic E-state index is 1.04. The van der Waals surface area contributed by atoms with Crippen molar-refractivity contribution in [2.24, 2.45) is 0 Å². The van der Waals surface area contributed by atoms with E-state index in [2.05, 4.69) is 135 Å². The maximum Gasteiger partial charge on any atom is 0.0813 e. The Morgan fingerprint density at radius 2 is 1.18 bits per heavy atom. The Bertz CT molecular complexity index is 2390. The van der Waals surface area contributed by atoms with E-state index < -0.39 is 0 Å². The molecular formula is C35H21N3S. The third-order valence-corrected chi connectivity index (χ3v) is 8.81. The van der Waals surface area contributed by atoms with Crippen LogP contribution in [0.15, 0.2) is 127 Å². The Morgan fingerprint density at radius 1 is 0.487 bits per heavy atom. The van der Waals surface area contributed by atoms with Crippen LogP contribution in [0.4, 0.5) is 0 Å². The van der Waals surface area contributed by atoms with Crippen LogP contribution in [0.1, 0.15) is 0 Å². The number of rotatable bonds is 2. The summed E-state index contributed by atoms with van der Waals surface area (Å²) in [5.41, 5.74) is 10.2. The van der Waals surface area contributed by atoms with E-state index in [0.29, 0.717) is 0 Å². The first-order valence-corrected chi connectivity index (χ1v) is 14.0. The molecule has 39 heavy (non-hydrogen) atoms. The van der Waals surface area contributed by atoms with Gasteiger partial charge in [0.05, 0.1) is 37.8 Å². The second kappa shape index (κ2) is 7.79. The van der Waals surface area contributed by atoms with E-state index in [4.69, 9.17) is 0 Å². The van der Waals surface area contributed by atoms with Gasteiger partial charge in [-0.15, -0.1) is 11.3 Å². The Morgan fingerprint density at radius 3 is 2.03 bits per heavy atom. The molecule has 9 rings (SSSR count). The second-order valence-electron chi connectivity index (χ2n) is 10.1. The van der Waals surface area contributed by atoms with Crippen molar-refractivity contribution in [2.75, 3.05) is 0 Å². The van der Waals surface area contributed by atoms with E-state index in [0.717, 1.165) is 16.9 Å². The maximum absolute atomic E-state index is 4.53. The molecule has 0 bridgehead atoms. The van der Waals surface area contributed by atoms with E-state index in [9.17, 15) is 0 Å². The van der Waals surface area contributed by atoms with Gasteiger partial charge in [-0.3, -0.25) is 0 Å². The van der Waals surface area contributed by atoms with Gasteiger partial charge in [-0.1, -0.05) is 72.8 Å². The van der Waals surface area contributed by atoms with Crippen molar-refractivity contribution in [1.29, 1.82) is 0 Å². The highest BCUT2D eigenvalue weighted by atomic mass is 32.1. The average Bonchev–Trinajstić information content (AvgIpc) is 3.68. The molecule has 0 fully saturated rings. The van der Waals surface area contributed by atoms with Gasteiger partial charge >= 0.3 is 0 Å². The lowest BCUT2D eigenvalue weighted by Gasteiger charge is -2.12. The molecule has 4 heteroatoms. The molecule has 0 atom stereocenters. The third-order valence-electron chi connectivity index (χ3n) is 8.02. The fourth-order valence-electron chi connectivity index (χ4n) is 6.33. The predicted molar refractivity (Wildman–Crippen MR) is 166 cm³/mol. The molecule has 0 aliphatic heterocycles. The van der Waals surface area contributed by atoms with E-state index in [1.165, 1.54) is 59.1 Å². The van der Waals surface area contributed by atoms with Crippen LogP contribution >= 0.6 is 11.3 Å². The molecule has 3 aromatic heterocycles. The third kappa shape index (κ3) is 2.89. The smallest absolute Gasteiger partial charge is 0.0813 e. The zero-order valence-electron chi connectivity index (χ0n) is 20.9. The molecule has 182 valence electrons. The number of hydrogen-bond acceptors (Lipinski definition) is 2. The molecule has 3 heterocycles. The van der Waals surface area contributed by atoms with Crippen LogP contribution in [-0.4, -0.2) is 14.1 Å². The van der Waals surface area contributed by atoms with Gasteiger partial charge < -0.3 is 9.13 Å². The van der Waals surface area contributed by atoms with Crippen LogP contribution in [0, 0.1) is 0 Å². The monoisotopic (exact) mass is 515 g/mol. The van der Waals surface area contributed by atoms with Gasteiger partial charge in [0.1, 0.15) is 0 Å². The van der Waals surface area contributed by atoms with E-state index in [1.54, 1.807) is 11.3 Å². The van der Waals surface area contributed by atoms with Gasteiger partial charge in [-0.2, -0.15) is 0 Å². The number of nitrogens with zero attached hydrogens (tertiary/aromatic N) is 3. The average molecular weight is 516 g/mol. The van der Waals surface area contributed by atoms with Gasteiger partial charge in [0.2, 0.25) is 0 Å². The zero-order valence-corrected chi connectivity index (χ0v) is 21.7. The van der Waals surface area contributed by atoms with E-state index >= 15 is 0 Å². The molecule has 0 aliphatic rings. The molecule has 6 aromatic carbocycles. The Labute approximate surface area is 227 Å². The van der Waals surface area contributed by atoms with Crippen molar-refractivity contribution >= 4 is 75.9 Å². The summed E-state index contributed by atoms with van der Waals surface area (Å²) < 4.78 is 6.10. The van der Waals surface area contributed by atoms with Crippen molar-refractivity contribution in [3.63, 3.8) is 0 Å². The van der Waals surface area contributed by atoms with Crippen molar-refractivity contribution in [3.8, 4) is 11.4 Å². The number of thiazole rings is 1. The first kappa shape index (κ1) is 21.1. The van der Waals surface area contributed by atoms with E-state index in [-0.39, 0.29) is 0 Å². The van der Waals surface area contributed by atoms with Gasteiger partial charge in [-0.25, -0.2) is 4.98 Å². The maximum atomic E-state index is 4.53. The largest absolute Gasteiger partial charge is 0.307 e. The van der Waals surface area contributed by atoms with Crippen molar-refractivity contribution in [3.05, 3.63) is 127 Å². The fourth-order valence-corrected chi connectivity index (χ4v) is 7.04. The van der Waals surface area contributed by atoms with Crippen molar-refractivity contribution in [2.45, 2.75) is 0 Å². The summed E-state index contributed by atoms with van der Waals surface area (Å²) in [5.74, 6) is 0. The molecule has 0 spiro atoms. The quantitative estimate of drug-likeness (QED) is 0.225. The Hall–Kier alpha value is -4.93. The summed E-state index contributed by atoms with van der Waals surface area (Å²) in [6, 6.07) is 44.1. The number of aromatic nitrogens is 3. The zero-order chi connectivity index (χ0) is 25.5. The molecule has 0 aliphatic carbocycles. The molecular weight excluding hydrogens is 494 g/mol. The molecule has 3 nitrogen and oxygen atoms in total. The summed E-state index contributed by atoms with van der Waals surface area (Å²) in [5, 5.41) is 7.55. The molecule has 0 unspecified atom stereocenters. The Balaban J connectivity index is 1.56. The number of para-hydroxylation sites is 2. The molecule has 0 radical (unpaired) electrons. The molecule has 0 amide bonds.